The number of rotatable bonds is 8. The highest BCUT2D eigenvalue weighted by atomic mass is 32.2. The summed E-state index contributed by atoms with van der Waals surface area (Å²) in [6.45, 7) is -2.80. The third-order valence-electron chi connectivity index (χ3n) is 3.87. The van der Waals surface area contributed by atoms with E-state index < -0.39 is 6.61 Å². The Morgan fingerprint density at radius 1 is 1.10 bits per heavy atom. The smallest absolute Gasteiger partial charge is 0.387 e. The standard InChI is InChI=1S/C21H18F2N2O3S/c1-27-17-10-5-14(12-18(17)28-21(22)23)13-25-20(26)15-6-8-16(9-7-15)29-19-4-2-3-11-24-19/h2-12,21H,13H2,1H3,(H,25,26). The van der Waals surface area contributed by atoms with Gasteiger partial charge in [-0.05, 0) is 54.1 Å². The first-order chi connectivity index (χ1) is 14.0. The second-order valence-corrected chi connectivity index (χ2v) is 6.93. The van der Waals surface area contributed by atoms with Crippen LogP contribution in [0.1, 0.15) is 15.9 Å². The van der Waals surface area contributed by atoms with Gasteiger partial charge in [0.15, 0.2) is 11.5 Å². The number of methoxy groups -OCH3 is 1. The average Bonchev–Trinajstić information content (AvgIpc) is 2.73. The van der Waals surface area contributed by atoms with Crippen molar-refractivity contribution in [3.63, 3.8) is 0 Å². The zero-order chi connectivity index (χ0) is 20.6. The van der Waals surface area contributed by atoms with E-state index in [1.165, 1.54) is 31.0 Å². The highest BCUT2D eigenvalue weighted by molar-refractivity contribution is 7.99. The van der Waals surface area contributed by atoms with Crippen LogP contribution in [-0.4, -0.2) is 24.6 Å². The summed E-state index contributed by atoms with van der Waals surface area (Å²) in [5.74, 6) is -0.155. The minimum atomic E-state index is -2.96. The number of amides is 1. The summed E-state index contributed by atoms with van der Waals surface area (Å²) in [6.07, 6.45) is 1.72. The third kappa shape index (κ3) is 5.92. The number of carbonyl (C=O) groups is 1. The van der Waals surface area contributed by atoms with Crippen molar-refractivity contribution < 1.29 is 23.0 Å². The number of benzene rings is 2. The van der Waals surface area contributed by atoms with Crippen LogP contribution >= 0.6 is 11.8 Å². The molecule has 1 amide bonds. The number of alkyl halides is 2. The molecule has 3 aromatic rings. The van der Waals surface area contributed by atoms with E-state index in [1.807, 2.05) is 30.3 Å². The highest BCUT2D eigenvalue weighted by Gasteiger charge is 2.12. The number of nitrogens with one attached hydrogen (secondary N) is 1. The van der Waals surface area contributed by atoms with E-state index in [4.69, 9.17) is 4.74 Å². The summed E-state index contributed by atoms with van der Waals surface area (Å²) >= 11 is 1.50. The number of aromatic nitrogens is 1. The fraction of sp³-hybridized carbons (Fsp3) is 0.143. The molecule has 0 saturated heterocycles. The molecule has 0 bridgehead atoms. The maximum Gasteiger partial charge on any atom is 0.387 e. The highest BCUT2D eigenvalue weighted by Crippen LogP contribution is 2.29. The first-order valence-corrected chi connectivity index (χ1v) is 9.45. The zero-order valence-corrected chi connectivity index (χ0v) is 16.3. The van der Waals surface area contributed by atoms with Crippen LogP contribution in [0.25, 0.3) is 0 Å². The number of ether oxygens (including phenoxy) is 2. The van der Waals surface area contributed by atoms with E-state index in [2.05, 4.69) is 15.0 Å². The first-order valence-electron chi connectivity index (χ1n) is 8.64. The van der Waals surface area contributed by atoms with Crippen molar-refractivity contribution in [2.75, 3.05) is 7.11 Å². The number of carbonyl (C=O) groups excluding carboxylic acids is 1. The van der Waals surface area contributed by atoms with Crippen LogP contribution in [0.3, 0.4) is 0 Å². The van der Waals surface area contributed by atoms with Crippen molar-refractivity contribution in [2.24, 2.45) is 0 Å². The monoisotopic (exact) mass is 416 g/mol. The second-order valence-electron chi connectivity index (χ2n) is 5.84. The molecule has 1 heterocycles. The van der Waals surface area contributed by atoms with E-state index in [9.17, 15) is 13.6 Å². The Morgan fingerprint density at radius 2 is 1.90 bits per heavy atom. The maximum absolute atomic E-state index is 12.5. The minimum Gasteiger partial charge on any atom is -0.493 e. The van der Waals surface area contributed by atoms with Gasteiger partial charge in [-0.15, -0.1) is 0 Å². The molecule has 0 fully saturated rings. The van der Waals surface area contributed by atoms with Gasteiger partial charge in [-0.3, -0.25) is 4.79 Å². The van der Waals surface area contributed by atoms with Gasteiger partial charge >= 0.3 is 6.61 Å². The maximum atomic E-state index is 12.5. The van der Waals surface area contributed by atoms with Crippen LogP contribution in [0.5, 0.6) is 11.5 Å². The summed E-state index contributed by atoms with van der Waals surface area (Å²) < 4.78 is 34.5. The Morgan fingerprint density at radius 3 is 2.55 bits per heavy atom. The van der Waals surface area contributed by atoms with E-state index >= 15 is 0 Å². The third-order valence-corrected chi connectivity index (χ3v) is 4.83. The summed E-state index contributed by atoms with van der Waals surface area (Å²) in [4.78, 5) is 17.6. The summed E-state index contributed by atoms with van der Waals surface area (Å²) in [5, 5.41) is 3.63. The molecule has 1 aromatic heterocycles. The van der Waals surface area contributed by atoms with Gasteiger partial charge in [0.1, 0.15) is 5.03 Å². The quantitative estimate of drug-likeness (QED) is 0.573. The second kappa shape index (κ2) is 9.88. The van der Waals surface area contributed by atoms with E-state index in [1.54, 1.807) is 24.4 Å². The van der Waals surface area contributed by atoms with Crippen LogP contribution in [0.2, 0.25) is 0 Å². The molecule has 2 aromatic carbocycles. The molecule has 0 radical (unpaired) electrons. The lowest BCUT2D eigenvalue weighted by atomic mass is 10.1. The van der Waals surface area contributed by atoms with Crippen molar-refractivity contribution in [2.45, 2.75) is 23.1 Å². The van der Waals surface area contributed by atoms with Gasteiger partial charge in [0, 0.05) is 23.2 Å². The average molecular weight is 416 g/mol. The fourth-order valence-corrected chi connectivity index (χ4v) is 3.28. The van der Waals surface area contributed by atoms with Gasteiger partial charge in [0.25, 0.3) is 5.91 Å². The molecule has 3 rings (SSSR count). The largest absolute Gasteiger partial charge is 0.493 e. The molecule has 0 aliphatic carbocycles. The first kappa shape index (κ1) is 20.6. The molecular weight excluding hydrogens is 398 g/mol. The Balaban J connectivity index is 1.60. The molecular formula is C21H18F2N2O3S. The number of hydrogen-bond donors (Lipinski definition) is 1. The van der Waals surface area contributed by atoms with Gasteiger partial charge < -0.3 is 14.8 Å². The molecule has 5 nitrogen and oxygen atoms in total. The molecule has 0 aliphatic heterocycles. The SMILES string of the molecule is COc1ccc(CNC(=O)c2ccc(Sc3ccccn3)cc2)cc1OC(F)F. The number of nitrogens with zero attached hydrogens (tertiary/aromatic N) is 1. The van der Waals surface area contributed by atoms with Crippen molar-refractivity contribution >= 4 is 17.7 Å². The topological polar surface area (TPSA) is 60.5 Å². The van der Waals surface area contributed by atoms with Crippen molar-refractivity contribution in [1.82, 2.24) is 10.3 Å². The lowest BCUT2D eigenvalue weighted by Crippen LogP contribution is -2.22. The van der Waals surface area contributed by atoms with Crippen molar-refractivity contribution in [1.29, 1.82) is 0 Å². The minimum absolute atomic E-state index is 0.0786. The molecule has 1 N–H and O–H groups in total. The van der Waals surface area contributed by atoms with Gasteiger partial charge in [-0.25, -0.2) is 4.98 Å². The lowest BCUT2D eigenvalue weighted by molar-refractivity contribution is -0.0512. The molecule has 0 spiro atoms. The van der Waals surface area contributed by atoms with E-state index in [0.717, 1.165) is 9.92 Å². The summed E-state index contributed by atoms with van der Waals surface area (Å²) in [5.41, 5.74) is 1.10. The van der Waals surface area contributed by atoms with Gasteiger partial charge in [0.2, 0.25) is 0 Å². The molecule has 29 heavy (non-hydrogen) atoms. The fourth-order valence-electron chi connectivity index (χ4n) is 2.51. The van der Waals surface area contributed by atoms with Crippen LogP contribution in [-0.2, 0) is 6.54 Å². The Kier molecular flexibility index (Phi) is 7.02. The van der Waals surface area contributed by atoms with Crippen LogP contribution in [0.15, 0.2) is 76.8 Å². The summed E-state index contributed by atoms with van der Waals surface area (Å²) in [6, 6.07) is 17.4. The lowest BCUT2D eigenvalue weighted by Gasteiger charge is -2.12. The Hall–Kier alpha value is -3.13. The molecule has 150 valence electrons. The van der Waals surface area contributed by atoms with Crippen LogP contribution in [0, 0.1) is 0 Å². The van der Waals surface area contributed by atoms with E-state index in [0.29, 0.717) is 11.1 Å². The normalized spacial score (nSPS) is 10.6. The van der Waals surface area contributed by atoms with Gasteiger partial charge in [-0.1, -0.05) is 23.9 Å². The number of halogens is 2. The predicted octanol–water partition coefficient (Wildman–Crippen LogP) is 4.77. The molecule has 8 heteroatoms. The molecule has 0 unspecified atom stereocenters. The van der Waals surface area contributed by atoms with Gasteiger partial charge in [-0.2, -0.15) is 8.78 Å². The van der Waals surface area contributed by atoms with E-state index in [-0.39, 0.29) is 24.0 Å². The predicted molar refractivity (Wildman–Crippen MR) is 106 cm³/mol. The molecule has 0 aliphatic rings. The molecule has 0 saturated carbocycles. The number of pyridine rings is 1. The zero-order valence-electron chi connectivity index (χ0n) is 15.5. The van der Waals surface area contributed by atoms with Crippen molar-refractivity contribution in [3.8, 4) is 11.5 Å². The van der Waals surface area contributed by atoms with Crippen molar-refractivity contribution in [3.05, 3.63) is 78.0 Å². The van der Waals surface area contributed by atoms with Gasteiger partial charge in [0.05, 0.1) is 7.11 Å². The Labute approximate surface area is 171 Å². The van der Waals surface area contributed by atoms with Crippen LogP contribution < -0.4 is 14.8 Å². The molecule has 0 atom stereocenters. The number of hydrogen-bond acceptors (Lipinski definition) is 5. The van der Waals surface area contributed by atoms with Crippen LogP contribution in [0.4, 0.5) is 8.78 Å². The Bertz CT molecular complexity index is 954. The summed E-state index contributed by atoms with van der Waals surface area (Å²) in [7, 11) is 1.37.